The Bertz CT molecular complexity index is 945. The summed E-state index contributed by atoms with van der Waals surface area (Å²) in [6.07, 6.45) is 1.11. The second kappa shape index (κ2) is 4.49. The minimum atomic E-state index is -3.41. The molecule has 0 unspecified atom stereocenters. The average Bonchev–Trinajstić information content (AvgIpc) is 2.83. The van der Waals surface area contributed by atoms with Crippen LogP contribution in [0.2, 0.25) is 0 Å². The summed E-state index contributed by atoms with van der Waals surface area (Å²) < 4.78 is 23.5. The maximum Gasteiger partial charge on any atom is 0.177 e. The molecule has 0 aliphatic carbocycles. The number of benzene rings is 2. The monoisotopic (exact) mass is 304 g/mol. The predicted molar refractivity (Wildman–Crippen MR) is 78.0 cm³/mol. The molecule has 3 aromatic rings. The number of phenols is 2. The van der Waals surface area contributed by atoms with E-state index in [-0.39, 0.29) is 22.2 Å². The van der Waals surface area contributed by atoms with Crippen molar-refractivity contribution >= 4 is 20.9 Å². The molecule has 7 heteroatoms. The van der Waals surface area contributed by atoms with Crippen LogP contribution in [-0.4, -0.2) is 34.9 Å². The van der Waals surface area contributed by atoms with Crippen LogP contribution in [-0.2, 0) is 9.84 Å². The first-order valence-corrected chi connectivity index (χ1v) is 7.96. The third kappa shape index (κ3) is 2.31. The fraction of sp³-hybridized carbons (Fsp3) is 0.0714. The zero-order valence-electron chi connectivity index (χ0n) is 11.0. The Morgan fingerprint density at radius 1 is 1.14 bits per heavy atom. The van der Waals surface area contributed by atoms with Gasteiger partial charge in [0.15, 0.2) is 9.84 Å². The molecule has 2 aromatic carbocycles. The highest BCUT2D eigenvalue weighted by Gasteiger charge is 2.17. The van der Waals surface area contributed by atoms with Crippen LogP contribution >= 0.6 is 0 Å². The second-order valence-corrected chi connectivity index (χ2v) is 6.70. The number of hydrogen-bond acceptors (Lipinski definition) is 5. The Balaban J connectivity index is 2.30. The number of rotatable bonds is 2. The normalized spacial score (nSPS) is 11.9. The Kier molecular flexibility index (Phi) is 2.87. The van der Waals surface area contributed by atoms with Gasteiger partial charge in [0.05, 0.1) is 16.0 Å². The topological polar surface area (TPSA) is 103 Å². The molecule has 0 radical (unpaired) electrons. The number of imidazole rings is 1. The quantitative estimate of drug-likeness (QED) is 0.629. The number of hydrogen-bond donors (Lipinski definition) is 3. The second-order valence-electron chi connectivity index (χ2n) is 4.71. The molecule has 0 aliphatic heterocycles. The van der Waals surface area contributed by atoms with Crippen molar-refractivity contribution in [2.24, 2.45) is 0 Å². The summed E-state index contributed by atoms with van der Waals surface area (Å²) in [6, 6.07) is 8.83. The van der Waals surface area contributed by atoms with E-state index in [0.717, 1.165) is 6.26 Å². The van der Waals surface area contributed by atoms with Crippen LogP contribution in [0, 0.1) is 0 Å². The van der Waals surface area contributed by atoms with Gasteiger partial charge in [-0.25, -0.2) is 13.4 Å². The molecule has 1 heterocycles. The highest BCUT2D eigenvalue weighted by molar-refractivity contribution is 7.91. The molecule has 0 spiro atoms. The van der Waals surface area contributed by atoms with Crippen molar-refractivity contribution in [3.8, 4) is 22.9 Å². The van der Waals surface area contributed by atoms with Crippen molar-refractivity contribution in [2.45, 2.75) is 4.90 Å². The standard InChI is InChI=1S/C14H12N2O4S/c1-21(19,20)12-4-2-3-10-13(12)16-14(15-10)9-7-8(17)5-6-11(9)18/h2-7,17-18H,1H3,(H,15,16). The number of phenolic OH excluding ortho intramolecular Hbond substituents is 2. The van der Waals surface area contributed by atoms with E-state index >= 15 is 0 Å². The third-order valence-corrected chi connectivity index (χ3v) is 4.24. The molecule has 0 saturated carbocycles. The van der Waals surface area contributed by atoms with E-state index < -0.39 is 9.84 Å². The van der Waals surface area contributed by atoms with Crippen LogP contribution in [0.15, 0.2) is 41.3 Å². The Hall–Kier alpha value is -2.54. The van der Waals surface area contributed by atoms with Crippen molar-refractivity contribution < 1.29 is 18.6 Å². The first-order valence-electron chi connectivity index (χ1n) is 6.07. The van der Waals surface area contributed by atoms with Gasteiger partial charge in [-0.15, -0.1) is 0 Å². The minimum Gasteiger partial charge on any atom is -0.508 e. The molecular formula is C14H12N2O4S. The SMILES string of the molecule is CS(=O)(=O)c1cccc2[nH]c(-c3cc(O)ccc3O)nc12. The molecule has 0 amide bonds. The van der Waals surface area contributed by atoms with Crippen LogP contribution < -0.4 is 0 Å². The summed E-state index contributed by atoms with van der Waals surface area (Å²) in [5, 5.41) is 19.4. The molecule has 0 atom stereocenters. The maximum absolute atomic E-state index is 11.8. The van der Waals surface area contributed by atoms with Crippen molar-refractivity contribution in [3.63, 3.8) is 0 Å². The fourth-order valence-corrected chi connectivity index (χ4v) is 2.98. The van der Waals surface area contributed by atoms with Crippen LogP contribution in [0.25, 0.3) is 22.4 Å². The Morgan fingerprint density at radius 2 is 1.90 bits per heavy atom. The number of aromatic hydroxyl groups is 2. The summed E-state index contributed by atoms with van der Waals surface area (Å²) in [7, 11) is -3.41. The number of nitrogens with one attached hydrogen (secondary N) is 1. The van der Waals surface area contributed by atoms with E-state index in [1.807, 2.05) is 0 Å². The lowest BCUT2D eigenvalue weighted by atomic mass is 10.2. The number of aromatic nitrogens is 2. The summed E-state index contributed by atoms with van der Waals surface area (Å²) in [4.78, 5) is 7.30. The van der Waals surface area contributed by atoms with Gasteiger partial charge in [-0.1, -0.05) is 6.07 Å². The Morgan fingerprint density at radius 3 is 2.62 bits per heavy atom. The number of sulfone groups is 1. The van der Waals surface area contributed by atoms with Crippen molar-refractivity contribution in [3.05, 3.63) is 36.4 Å². The first kappa shape index (κ1) is 13.4. The van der Waals surface area contributed by atoms with Crippen molar-refractivity contribution in [1.29, 1.82) is 0 Å². The summed E-state index contributed by atoms with van der Waals surface area (Å²) in [5.74, 6) is 0.203. The number of fused-ring (bicyclic) bond motifs is 1. The highest BCUT2D eigenvalue weighted by Crippen LogP contribution is 2.32. The van der Waals surface area contributed by atoms with Crippen molar-refractivity contribution in [1.82, 2.24) is 9.97 Å². The summed E-state index contributed by atoms with van der Waals surface area (Å²) in [6.45, 7) is 0. The number of para-hydroxylation sites is 1. The first-order chi connectivity index (χ1) is 9.86. The Labute approximate surface area is 120 Å². The molecule has 0 saturated heterocycles. The zero-order chi connectivity index (χ0) is 15.2. The van der Waals surface area contributed by atoms with Crippen LogP contribution in [0.4, 0.5) is 0 Å². The molecule has 3 N–H and O–H groups in total. The van der Waals surface area contributed by atoms with Gasteiger partial charge in [0.1, 0.15) is 22.8 Å². The van der Waals surface area contributed by atoms with Gasteiger partial charge in [0.25, 0.3) is 0 Å². The summed E-state index contributed by atoms with van der Waals surface area (Å²) >= 11 is 0. The van der Waals surface area contributed by atoms with E-state index in [0.29, 0.717) is 16.6 Å². The predicted octanol–water partition coefficient (Wildman–Crippen LogP) is 2.04. The largest absolute Gasteiger partial charge is 0.508 e. The van der Waals surface area contributed by atoms with E-state index in [1.54, 1.807) is 12.1 Å². The molecule has 3 rings (SSSR count). The minimum absolute atomic E-state index is 0.0217. The van der Waals surface area contributed by atoms with E-state index in [1.165, 1.54) is 24.3 Å². The molecule has 0 bridgehead atoms. The molecule has 1 aromatic heterocycles. The van der Waals surface area contributed by atoms with Gasteiger partial charge in [-0.05, 0) is 30.3 Å². The van der Waals surface area contributed by atoms with Gasteiger partial charge in [-0.2, -0.15) is 0 Å². The van der Waals surface area contributed by atoms with Gasteiger partial charge in [0, 0.05) is 6.26 Å². The average molecular weight is 304 g/mol. The lowest BCUT2D eigenvalue weighted by Crippen LogP contribution is -1.97. The molecule has 0 fully saturated rings. The van der Waals surface area contributed by atoms with Gasteiger partial charge < -0.3 is 15.2 Å². The number of aromatic amines is 1. The molecule has 0 aliphatic rings. The van der Waals surface area contributed by atoms with Gasteiger partial charge >= 0.3 is 0 Å². The van der Waals surface area contributed by atoms with E-state index in [2.05, 4.69) is 9.97 Å². The molecule has 21 heavy (non-hydrogen) atoms. The maximum atomic E-state index is 11.8. The molecular weight excluding hydrogens is 292 g/mol. The van der Waals surface area contributed by atoms with Gasteiger partial charge in [0.2, 0.25) is 0 Å². The third-order valence-electron chi connectivity index (χ3n) is 3.11. The number of H-pyrrole nitrogens is 1. The highest BCUT2D eigenvalue weighted by atomic mass is 32.2. The zero-order valence-corrected chi connectivity index (χ0v) is 11.8. The molecule has 6 nitrogen and oxygen atoms in total. The van der Waals surface area contributed by atoms with Crippen LogP contribution in [0.3, 0.4) is 0 Å². The lowest BCUT2D eigenvalue weighted by Gasteiger charge is -2.01. The smallest absolute Gasteiger partial charge is 0.177 e. The summed E-state index contributed by atoms with van der Waals surface area (Å²) in [5.41, 5.74) is 1.14. The number of nitrogens with zero attached hydrogens (tertiary/aromatic N) is 1. The van der Waals surface area contributed by atoms with E-state index in [4.69, 9.17) is 0 Å². The van der Waals surface area contributed by atoms with Crippen LogP contribution in [0.5, 0.6) is 11.5 Å². The molecule has 108 valence electrons. The van der Waals surface area contributed by atoms with Crippen LogP contribution in [0.1, 0.15) is 0 Å². The van der Waals surface area contributed by atoms with E-state index in [9.17, 15) is 18.6 Å². The fourth-order valence-electron chi connectivity index (χ4n) is 2.15. The van der Waals surface area contributed by atoms with Crippen molar-refractivity contribution in [2.75, 3.05) is 6.26 Å². The van der Waals surface area contributed by atoms with Gasteiger partial charge in [-0.3, -0.25) is 0 Å². The lowest BCUT2D eigenvalue weighted by molar-refractivity contribution is 0.461.